The lowest BCUT2D eigenvalue weighted by molar-refractivity contribution is -0.117. The lowest BCUT2D eigenvalue weighted by Crippen LogP contribution is -2.39. The topological polar surface area (TPSA) is 70.7 Å². The van der Waals surface area contributed by atoms with Gasteiger partial charge in [0.05, 0.1) is 13.2 Å². The number of rotatable bonds is 7. The summed E-state index contributed by atoms with van der Waals surface area (Å²) >= 11 is 0. The van der Waals surface area contributed by atoms with Gasteiger partial charge in [-0.3, -0.25) is 4.79 Å². The highest BCUT2D eigenvalue weighted by Gasteiger charge is 2.31. The Hall–Kier alpha value is -3.02. The van der Waals surface area contributed by atoms with E-state index in [9.17, 15) is 9.59 Å². The minimum Gasteiger partial charge on any atom is -0.497 e. The van der Waals surface area contributed by atoms with Crippen molar-refractivity contribution < 1.29 is 14.3 Å². The van der Waals surface area contributed by atoms with Crippen LogP contribution in [0.1, 0.15) is 31.7 Å². The van der Waals surface area contributed by atoms with Gasteiger partial charge in [0.25, 0.3) is 0 Å². The Morgan fingerprint density at radius 3 is 2.71 bits per heavy atom. The van der Waals surface area contributed by atoms with Crippen molar-refractivity contribution in [2.75, 3.05) is 23.9 Å². The van der Waals surface area contributed by atoms with E-state index in [-0.39, 0.29) is 24.4 Å². The predicted octanol–water partition coefficient (Wildman–Crippen LogP) is 3.96. The van der Waals surface area contributed by atoms with Crippen molar-refractivity contribution >= 4 is 23.3 Å². The first-order valence-corrected chi connectivity index (χ1v) is 9.70. The number of nitrogens with one attached hydrogen (secondary N) is 2. The normalized spacial score (nSPS) is 16.1. The molecule has 2 aromatic carbocycles. The Morgan fingerprint density at radius 2 is 2.00 bits per heavy atom. The van der Waals surface area contributed by atoms with Gasteiger partial charge in [-0.2, -0.15) is 0 Å². The molecule has 0 saturated carbocycles. The summed E-state index contributed by atoms with van der Waals surface area (Å²) in [6, 6.07) is 14.7. The molecule has 1 atom stereocenters. The molecule has 148 valence electrons. The molecule has 2 aromatic rings. The van der Waals surface area contributed by atoms with E-state index in [1.807, 2.05) is 48.5 Å². The van der Waals surface area contributed by atoms with Crippen LogP contribution >= 0.6 is 0 Å². The summed E-state index contributed by atoms with van der Waals surface area (Å²) in [4.78, 5) is 26.3. The number of ether oxygens (including phenoxy) is 1. The van der Waals surface area contributed by atoms with E-state index in [1.54, 1.807) is 12.0 Å². The van der Waals surface area contributed by atoms with Crippen LogP contribution in [0, 0.1) is 0 Å². The van der Waals surface area contributed by atoms with Gasteiger partial charge in [-0.1, -0.05) is 31.5 Å². The molecule has 1 fully saturated rings. The quantitative estimate of drug-likeness (QED) is 0.762. The van der Waals surface area contributed by atoms with E-state index in [0.717, 1.165) is 30.6 Å². The minimum atomic E-state index is -0.299. The first-order valence-electron chi connectivity index (χ1n) is 9.70. The second-order valence-corrected chi connectivity index (χ2v) is 7.01. The molecule has 1 aliphatic heterocycles. The van der Waals surface area contributed by atoms with E-state index in [2.05, 4.69) is 17.6 Å². The molecule has 3 amide bonds. The highest BCUT2D eigenvalue weighted by atomic mass is 16.5. The van der Waals surface area contributed by atoms with Crippen LogP contribution in [-0.4, -0.2) is 31.6 Å². The van der Waals surface area contributed by atoms with Crippen LogP contribution in [0.3, 0.4) is 0 Å². The van der Waals surface area contributed by atoms with Gasteiger partial charge in [-0.25, -0.2) is 4.79 Å². The zero-order valence-electron chi connectivity index (χ0n) is 16.4. The molecule has 0 bridgehead atoms. The number of aryl methyl sites for hydroxylation is 1. The summed E-state index contributed by atoms with van der Waals surface area (Å²) in [7, 11) is 1.59. The minimum absolute atomic E-state index is 0.0150. The maximum atomic E-state index is 12.4. The molecule has 2 N–H and O–H groups in total. The number of hydrogen-bond acceptors (Lipinski definition) is 3. The SMILES string of the molecule is CCCCc1ccc(NC(=O)N[C@H]2CC(=O)N(c3cccc(OC)c3)C2)cc1. The third-order valence-electron chi connectivity index (χ3n) is 4.86. The van der Waals surface area contributed by atoms with Gasteiger partial charge in [0.2, 0.25) is 5.91 Å². The van der Waals surface area contributed by atoms with Crippen LogP contribution in [0.25, 0.3) is 0 Å². The molecule has 0 radical (unpaired) electrons. The van der Waals surface area contributed by atoms with Gasteiger partial charge >= 0.3 is 6.03 Å². The van der Waals surface area contributed by atoms with E-state index in [1.165, 1.54) is 5.56 Å². The van der Waals surface area contributed by atoms with Crippen LogP contribution in [0.5, 0.6) is 5.75 Å². The lowest BCUT2D eigenvalue weighted by atomic mass is 10.1. The van der Waals surface area contributed by atoms with Gasteiger partial charge in [0.15, 0.2) is 0 Å². The number of benzene rings is 2. The van der Waals surface area contributed by atoms with Crippen molar-refractivity contribution in [1.82, 2.24) is 5.32 Å². The maximum Gasteiger partial charge on any atom is 0.319 e. The number of nitrogens with zero attached hydrogens (tertiary/aromatic N) is 1. The van der Waals surface area contributed by atoms with E-state index >= 15 is 0 Å². The van der Waals surface area contributed by atoms with E-state index in [4.69, 9.17) is 4.74 Å². The molecule has 6 nitrogen and oxygen atoms in total. The monoisotopic (exact) mass is 381 g/mol. The number of anilines is 2. The average Bonchev–Trinajstić information content (AvgIpc) is 3.07. The predicted molar refractivity (Wildman–Crippen MR) is 111 cm³/mol. The highest BCUT2D eigenvalue weighted by molar-refractivity contribution is 5.97. The Bertz CT molecular complexity index is 820. The molecule has 0 unspecified atom stereocenters. The third kappa shape index (κ3) is 5.03. The first-order chi connectivity index (χ1) is 13.6. The zero-order valence-corrected chi connectivity index (χ0v) is 16.4. The molecule has 6 heteroatoms. The number of unbranched alkanes of at least 4 members (excludes halogenated alkanes) is 1. The Labute approximate surface area is 165 Å². The molecule has 0 aliphatic carbocycles. The summed E-state index contributed by atoms with van der Waals surface area (Å²) < 4.78 is 5.22. The van der Waals surface area contributed by atoms with E-state index < -0.39 is 0 Å². The summed E-state index contributed by atoms with van der Waals surface area (Å²) in [6.45, 7) is 2.61. The smallest absolute Gasteiger partial charge is 0.319 e. The van der Waals surface area contributed by atoms with Crippen molar-refractivity contribution in [3.8, 4) is 5.75 Å². The van der Waals surface area contributed by atoms with Crippen LogP contribution in [0.15, 0.2) is 48.5 Å². The zero-order chi connectivity index (χ0) is 19.9. The fourth-order valence-corrected chi connectivity index (χ4v) is 3.32. The summed E-state index contributed by atoms with van der Waals surface area (Å²) in [5.41, 5.74) is 2.78. The van der Waals surface area contributed by atoms with Crippen molar-refractivity contribution in [3.63, 3.8) is 0 Å². The van der Waals surface area contributed by atoms with Crippen molar-refractivity contribution in [3.05, 3.63) is 54.1 Å². The summed E-state index contributed by atoms with van der Waals surface area (Å²) in [6.07, 6.45) is 3.65. The van der Waals surface area contributed by atoms with Crippen molar-refractivity contribution in [2.45, 2.75) is 38.6 Å². The molecule has 0 spiro atoms. The number of urea groups is 1. The molecular weight excluding hydrogens is 354 g/mol. The summed E-state index contributed by atoms with van der Waals surface area (Å²) in [5, 5.41) is 5.73. The van der Waals surface area contributed by atoms with Gasteiger partial charge in [0.1, 0.15) is 5.75 Å². The van der Waals surface area contributed by atoms with Crippen LogP contribution < -0.4 is 20.3 Å². The number of methoxy groups -OCH3 is 1. The summed E-state index contributed by atoms with van der Waals surface area (Å²) in [5.74, 6) is 0.681. The Kier molecular flexibility index (Phi) is 6.53. The number of hydrogen-bond donors (Lipinski definition) is 2. The number of carbonyl (C=O) groups excluding carboxylic acids is 2. The molecule has 0 aromatic heterocycles. The van der Waals surface area contributed by atoms with E-state index in [0.29, 0.717) is 12.3 Å². The Morgan fingerprint density at radius 1 is 1.21 bits per heavy atom. The highest BCUT2D eigenvalue weighted by Crippen LogP contribution is 2.25. The standard InChI is InChI=1S/C22H27N3O3/c1-3-4-6-16-9-11-17(12-10-16)23-22(27)24-18-13-21(26)25(15-18)19-7-5-8-20(14-19)28-2/h5,7-12,14,18H,3-4,6,13,15H2,1-2H3,(H2,23,24,27)/t18-/m0/s1. The lowest BCUT2D eigenvalue weighted by Gasteiger charge is -2.18. The van der Waals surface area contributed by atoms with Gasteiger partial charge in [-0.05, 0) is 42.7 Å². The van der Waals surface area contributed by atoms with Crippen LogP contribution in [0.4, 0.5) is 16.2 Å². The van der Waals surface area contributed by atoms with Crippen molar-refractivity contribution in [1.29, 1.82) is 0 Å². The maximum absolute atomic E-state index is 12.4. The van der Waals surface area contributed by atoms with Gasteiger partial charge in [0, 0.05) is 30.4 Å². The molecule has 1 heterocycles. The number of carbonyl (C=O) groups is 2. The second kappa shape index (κ2) is 9.26. The number of amides is 3. The molecule has 3 rings (SSSR count). The van der Waals surface area contributed by atoms with Crippen molar-refractivity contribution in [2.24, 2.45) is 0 Å². The van der Waals surface area contributed by atoms with Crippen LogP contribution in [-0.2, 0) is 11.2 Å². The van der Waals surface area contributed by atoms with Crippen LogP contribution in [0.2, 0.25) is 0 Å². The third-order valence-corrected chi connectivity index (χ3v) is 4.86. The fraction of sp³-hybridized carbons (Fsp3) is 0.364. The second-order valence-electron chi connectivity index (χ2n) is 7.01. The van der Waals surface area contributed by atoms with Gasteiger partial charge < -0.3 is 20.3 Å². The molecular formula is C22H27N3O3. The molecule has 28 heavy (non-hydrogen) atoms. The van der Waals surface area contributed by atoms with Gasteiger partial charge in [-0.15, -0.1) is 0 Å². The Balaban J connectivity index is 1.54. The molecule has 1 saturated heterocycles. The largest absolute Gasteiger partial charge is 0.497 e. The average molecular weight is 381 g/mol. The fourth-order valence-electron chi connectivity index (χ4n) is 3.32. The molecule has 1 aliphatic rings. The first kappa shape index (κ1) is 19.7.